The molecule has 33 heavy (non-hydrogen) atoms. The topological polar surface area (TPSA) is 105 Å². The molecule has 2 aromatic rings. The lowest BCUT2D eigenvalue weighted by atomic mass is 10.0. The monoisotopic (exact) mass is 488 g/mol. The van der Waals surface area contributed by atoms with Crippen molar-refractivity contribution >= 4 is 21.8 Å². The minimum Gasteiger partial charge on any atom is -0.446 e. The second-order valence-corrected chi connectivity index (χ2v) is 9.40. The highest BCUT2D eigenvalue weighted by atomic mass is 32.2. The van der Waals surface area contributed by atoms with Gasteiger partial charge in [0.15, 0.2) is 0 Å². The van der Waals surface area contributed by atoms with E-state index in [1.165, 1.54) is 28.6 Å². The van der Waals surface area contributed by atoms with Crippen LogP contribution in [0.3, 0.4) is 0 Å². The summed E-state index contributed by atoms with van der Waals surface area (Å²) in [5.41, 5.74) is 1.10. The van der Waals surface area contributed by atoms with Crippen LogP contribution in [0, 0.1) is 6.92 Å². The van der Waals surface area contributed by atoms with Crippen LogP contribution in [0.25, 0.3) is 0 Å². The Morgan fingerprint density at radius 2 is 1.79 bits per heavy atom. The van der Waals surface area contributed by atoms with E-state index in [2.05, 4.69) is 10.1 Å². The van der Waals surface area contributed by atoms with Crippen molar-refractivity contribution in [1.82, 2.24) is 4.31 Å². The van der Waals surface area contributed by atoms with E-state index < -0.39 is 47.0 Å². The quantitative estimate of drug-likeness (QED) is 0.643. The van der Waals surface area contributed by atoms with Gasteiger partial charge in [-0.1, -0.05) is 17.7 Å². The van der Waals surface area contributed by atoms with Gasteiger partial charge in [0.05, 0.1) is 17.5 Å². The Morgan fingerprint density at radius 3 is 2.36 bits per heavy atom. The molecule has 0 spiro atoms. The van der Waals surface area contributed by atoms with E-state index in [9.17, 15) is 31.5 Å². The molecular formula is C21H23F3N2O6S. The average Bonchev–Trinajstić information content (AvgIpc) is 2.74. The molecule has 180 valence electrons. The van der Waals surface area contributed by atoms with Crippen LogP contribution in [-0.4, -0.2) is 55.6 Å². The van der Waals surface area contributed by atoms with Crippen LogP contribution in [-0.2, 0) is 14.8 Å². The van der Waals surface area contributed by atoms with E-state index in [-0.39, 0.29) is 30.0 Å². The fraction of sp³-hybridized carbons (Fsp3) is 0.381. The number of hydrogen-bond acceptors (Lipinski definition) is 6. The lowest BCUT2D eigenvalue weighted by molar-refractivity contribution is -0.274. The van der Waals surface area contributed by atoms with E-state index in [4.69, 9.17) is 4.74 Å². The first-order chi connectivity index (χ1) is 15.5. The number of aliphatic hydroxyl groups excluding tert-OH is 1. The number of nitrogens with zero attached hydrogens (tertiary/aromatic N) is 1. The maximum atomic E-state index is 13.0. The van der Waals surface area contributed by atoms with Crippen molar-refractivity contribution in [3.63, 3.8) is 0 Å². The maximum Gasteiger partial charge on any atom is 0.573 e. The Balaban J connectivity index is 1.58. The fourth-order valence-electron chi connectivity index (χ4n) is 3.47. The summed E-state index contributed by atoms with van der Waals surface area (Å²) in [6, 6.07) is 10.1. The van der Waals surface area contributed by atoms with Gasteiger partial charge in [-0.3, -0.25) is 5.32 Å². The van der Waals surface area contributed by atoms with Crippen molar-refractivity contribution in [2.75, 3.05) is 18.5 Å². The van der Waals surface area contributed by atoms with E-state index in [1.54, 1.807) is 12.1 Å². The zero-order chi connectivity index (χ0) is 24.2. The Bertz CT molecular complexity index is 1060. The molecule has 0 saturated carbocycles. The Hall–Kier alpha value is -2.83. The van der Waals surface area contributed by atoms with Crippen LogP contribution in [0.2, 0.25) is 0 Å². The Morgan fingerprint density at radius 1 is 1.15 bits per heavy atom. The second kappa shape index (κ2) is 9.98. The SMILES string of the molecule is Cc1ccc(S(=O)(=O)N2CC[C@@H](OC(=O)Nc3ccc(OC(F)(F)F)cc3)C[C@@H]2CO)cc1. The predicted octanol–water partition coefficient (Wildman–Crippen LogP) is 3.66. The molecule has 1 aliphatic heterocycles. The fourth-order valence-corrected chi connectivity index (χ4v) is 5.11. The zero-order valence-electron chi connectivity index (χ0n) is 17.6. The Kier molecular flexibility index (Phi) is 7.50. The van der Waals surface area contributed by atoms with E-state index in [1.807, 2.05) is 6.92 Å². The van der Waals surface area contributed by atoms with Crippen LogP contribution >= 0.6 is 0 Å². The van der Waals surface area contributed by atoms with Crippen LogP contribution in [0.4, 0.5) is 23.7 Å². The van der Waals surface area contributed by atoms with Crippen LogP contribution in [0.15, 0.2) is 53.4 Å². The standard InChI is InChI=1S/C21H23F3N2O6S/c1-14-2-8-19(9-3-14)33(29,30)26-11-10-18(12-16(26)13-27)31-20(28)25-15-4-6-17(7-5-15)32-21(22,23)24/h2-9,16,18,27H,10-13H2,1H3,(H,25,28)/t16-,18-/m1/s1. The number of amides is 1. The first-order valence-electron chi connectivity index (χ1n) is 10.0. The highest BCUT2D eigenvalue weighted by Gasteiger charge is 2.38. The van der Waals surface area contributed by atoms with E-state index in [0.717, 1.165) is 17.7 Å². The second-order valence-electron chi connectivity index (χ2n) is 7.51. The van der Waals surface area contributed by atoms with Gasteiger partial charge in [0.25, 0.3) is 0 Å². The number of hydrogen-bond donors (Lipinski definition) is 2. The number of alkyl halides is 3. The minimum absolute atomic E-state index is 0.0445. The van der Waals surface area contributed by atoms with Crippen LogP contribution in [0.1, 0.15) is 18.4 Å². The van der Waals surface area contributed by atoms with Gasteiger partial charge in [0.1, 0.15) is 11.9 Å². The van der Waals surface area contributed by atoms with Crippen LogP contribution in [0.5, 0.6) is 5.75 Å². The van der Waals surface area contributed by atoms with Gasteiger partial charge in [0, 0.05) is 18.7 Å². The zero-order valence-corrected chi connectivity index (χ0v) is 18.4. The van der Waals surface area contributed by atoms with Gasteiger partial charge in [-0.2, -0.15) is 4.31 Å². The third kappa shape index (κ3) is 6.59. The number of carbonyl (C=O) groups excluding carboxylic acids is 1. The lowest BCUT2D eigenvalue weighted by Gasteiger charge is -2.37. The summed E-state index contributed by atoms with van der Waals surface area (Å²) >= 11 is 0. The Labute approximate surface area is 189 Å². The number of nitrogens with one attached hydrogen (secondary N) is 1. The third-order valence-corrected chi connectivity index (χ3v) is 7.03. The number of aliphatic hydroxyl groups is 1. The first kappa shape index (κ1) is 24.8. The molecule has 1 heterocycles. The normalized spacial score (nSPS) is 19.7. The molecule has 1 saturated heterocycles. The highest BCUT2D eigenvalue weighted by molar-refractivity contribution is 7.89. The smallest absolute Gasteiger partial charge is 0.446 e. The molecule has 0 aromatic heterocycles. The summed E-state index contributed by atoms with van der Waals surface area (Å²) < 4.78 is 72.9. The molecule has 2 atom stereocenters. The number of aryl methyl sites for hydroxylation is 1. The predicted molar refractivity (Wildman–Crippen MR) is 112 cm³/mol. The van der Waals surface area contributed by atoms with E-state index >= 15 is 0 Å². The molecule has 8 nitrogen and oxygen atoms in total. The van der Waals surface area contributed by atoms with Crippen molar-refractivity contribution < 1.29 is 41.0 Å². The average molecular weight is 488 g/mol. The van der Waals surface area contributed by atoms with Gasteiger partial charge in [-0.15, -0.1) is 13.2 Å². The van der Waals surface area contributed by atoms with E-state index in [0.29, 0.717) is 0 Å². The lowest BCUT2D eigenvalue weighted by Crippen LogP contribution is -2.50. The largest absolute Gasteiger partial charge is 0.573 e. The van der Waals surface area contributed by atoms with Gasteiger partial charge in [-0.25, -0.2) is 13.2 Å². The van der Waals surface area contributed by atoms with Crippen molar-refractivity contribution in [1.29, 1.82) is 0 Å². The van der Waals surface area contributed by atoms with Crippen molar-refractivity contribution in [2.24, 2.45) is 0 Å². The van der Waals surface area contributed by atoms with Crippen molar-refractivity contribution in [3.8, 4) is 5.75 Å². The maximum absolute atomic E-state index is 13.0. The minimum atomic E-state index is -4.82. The van der Waals surface area contributed by atoms with Gasteiger partial charge in [0.2, 0.25) is 10.0 Å². The third-order valence-electron chi connectivity index (χ3n) is 5.06. The molecule has 0 bridgehead atoms. The molecule has 12 heteroatoms. The molecule has 0 aliphatic carbocycles. The number of benzene rings is 2. The molecule has 0 radical (unpaired) electrons. The van der Waals surface area contributed by atoms with Gasteiger partial charge >= 0.3 is 12.5 Å². The summed E-state index contributed by atoms with van der Waals surface area (Å²) in [5, 5.41) is 12.1. The van der Waals surface area contributed by atoms with Crippen molar-refractivity contribution in [2.45, 2.75) is 43.2 Å². The number of ether oxygens (including phenoxy) is 2. The summed E-state index contributed by atoms with van der Waals surface area (Å²) in [4.78, 5) is 12.3. The number of piperidine rings is 1. The molecule has 1 aliphatic rings. The van der Waals surface area contributed by atoms with Gasteiger partial charge in [-0.05, 0) is 49.7 Å². The molecule has 3 rings (SSSR count). The molecular weight excluding hydrogens is 465 g/mol. The summed E-state index contributed by atoms with van der Waals surface area (Å²) in [6.07, 6.45) is -6.02. The number of rotatable bonds is 6. The number of sulfonamides is 1. The highest BCUT2D eigenvalue weighted by Crippen LogP contribution is 2.28. The van der Waals surface area contributed by atoms with Crippen LogP contribution < -0.4 is 10.1 Å². The molecule has 2 aromatic carbocycles. The number of anilines is 1. The number of halogens is 3. The van der Waals surface area contributed by atoms with Crippen molar-refractivity contribution in [3.05, 3.63) is 54.1 Å². The summed E-state index contributed by atoms with van der Waals surface area (Å²) in [7, 11) is -3.83. The molecule has 2 N–H and O–H groups in total. The van der Waals surface area contributed by atoms with Gasteiger partial charge < -0.3 is 14.6 Å². The summed E-state index contributed by atoms with van der Waals surface area (Å²) in [5.74, 6) is -0.436. The number of carbonyl (C=O) groups is 1. The molecule has 0 unspecified atom stereocenters. The molecule has 1 fully saturated rings. The molecule has 1 amide bonds. The first-order valence-corrected chi connectivity index (χ1v) is 11.4. The summed E-state index contributed by atoms with van der Waals surface area (Å²) in [6.45, 7) is 1.43.